The van der Waals surface area contributed by atoms with E-state index in [0.717, 1.165) is 32.5 Å². The van der Waals surface area contributed by atoms with Gasteiger partial charge in [0.1, 0.15) is 5.60 Å². The van der Waals surface area contributed by atoms with Crippen LogP contribution in [0.25, 0.3) is 0 Å². The molecule has 0 radical (unpaired) electrons. The van der Waals surface area contributed by atoms with Gasteiger partial charge in [-0.15, -0.1) is 6.58 Å². The van der Waals surface area contributed by atoms with Crippen molar-refractivity contribution >= 4 is 6.09 Å². The van der Waals surface area contributed by atoms with Crippen LogP contribution in [-0.2, 0) is 4.74 Å². The molecule has 2 fully saturated rings. The van der Waals surface area contributed by atoms with Gasteiger partial charge in [-0.05, 0) is 13.1 Å². The lowest BCUT2D eigenvalue weighted by atomic mass is 9.92. The number of carbonyl (C=O) groups excluding carboxylic acids is 1. The summed E-state index contributed by atoms with van der Waals surface area (Å²) >= 11 is 0. The first-order valence-corrected chi connectivity index (χ1v) is 5.05. The molecular weight excluding hydrogens is 180 g/mol. The Bertz CT molecular complexity index is 247. The van der Waals surface area contributed by atoms with Crippen molar-refractivity contribution in [2.45, 2.75) is 18.4 Å². The second-order valence-corrected chi connectivity index (χ2v) is 3.97. The minimum Gasteiger partial charge on any atom is -0.441 e. The van der Waals surface area contributed by atoms with Crippen LogP contribution < -0.4 is 5.32 Å². The highest BCUT2D eigenvalue weighted by Crippen LogP contribution is 2.30. The highest BCUT2D eigenvalue weighted by molar-refractivity contribution is 5.71. The lowest BCUT2D eigenvalue weighted by Crippen LogP contribution is -2.44. The molecule has 2 heterocycles. The normalized spacial score (nSPS) is 25.1. The van der Waals surface area contributed by atoms with Crippen LogP contribution in [0.5, 0.6) is 0 Å². The number of rotatable bonds is 2. The second-order valence-electron chi connectivity index (χ2n) is 3.97. The van der Waals surface area contributed by atoms with E-state index in [9.17, 15) is 4.79 Å². The van der Waals surface area contributed by atoms with E-state index in [4.69, 9.17) is 4.74 Å². The molecule has 14 heavy (non-hydrogen) atoms. The first-order chi connectivity index (χ1) is 6.76. The van der Waals surface area contributed by atoms with Crippen molar-refractivity contribution in [1.82, 2.24) is 10.2 Å². The van der Waals surface area contributed by atoms with Gasteiger partial charge in [-0.1, -0.05) is 6.08 Å². The van der Waals surface area contributed by atoms with Crippen molar-refractivity contribution in [2.24, 2.45) is 0 Å². The predicted octanol–water partition coefficient (Wildman–Crippen LogP) is 0.747. The summed E-state index contributed by atoms with van der Waals surface area (Å²) in [6, 6.07) is 0. The van der Waals surface area contributed by atoms with E-state index in [0.29, 0.717) is 6.54 Å². The lowest BCUT2D eigenvalue weighted by Gasteiger charge is -2.31. The topological polar surface area (TPSA) is 41.6 Å². The van der Waals surface area contributed by atoms with E-state index < -0.39 is 0 Å². The van der Waals surface area contributed by atoms with E-state index >= 15 is 0 Å². The Morgan fingerprint density at radius 1 is 1.57 bits per heavy atom. The van der Waals surface area contributed by atoms with Gasteiger partial charge in [0.05, 0.1) is 6.54 Å². The van der Waals surface area contributed by atoms with Crippen LogP contribution >= 0.6 is 0 Å². The van der Waals surface area contributed by atoms with Crippen molar-refractivity contribution in [3.8, 4) is 0 Å². The zero-order valence-electron chi connectivity index (χ0n) is 8.29. The van der Waals surface area contributed by atoms with Crippen LogP contribution in [0.3, 0.4) is 0 Å². The Balaban J connectivity index is 2.02. The third-order valence-electron chi connectivity index (χ3n) is 2.91. The molecule has 1 amide bonds. The van der Waals surface area contributed by atoms with Gasteiger partial charge < -0.3 is 15.0 Å². The molecule has 78 valence electrons. The quantitative estimate of drug-likeness (QED) is 0.662. The molecule has 0 aromatic carbocycles. The number of amides is 1. The molecule has 0 saturated carbocycles. The van der Waals surface area contributed by atoms with E-state index in [1.165, 1.54) is 0 Å². The SMILES string of the molecule is C=CCN1CC2(CCNCC2)OC1=O. The van der Waals surface area contributed by atoms with Crippen molar-refractivity contribution in [3.05, 3.63) is 12.7 Å². The lowest BCUT2D eigenvalue weighted by molar-refractivity contribution is 0.0316. The number of ether oxygens (including phenoxy) is 1. The van der Waals surface area contributed by atoms with Gasteiger partial charge in [0.2, 0.25) is 0 Å². The van der Waals surface area contributed by atoms with Crippen LogP contribution in [0, 0.1) is 0 Å². The molecular formula is C10H16N2O2. The molecule has 2 rings (SSSR count). The Morgan fingerprint density at radius 2 is 2.29 bits per heavy atom. The maximum Gasteiger partial charge on any atom is 0.410 e. The number of carbonyl (C=O) groups is 1. The molecule has 1 spiro atoms. The summed E-state index contributed by atoms with van der Waals surface area (Å²) in [5.41, 5.74) is -0.217. The summed E-state index contributed by atoms with van der Waals surface area (Å²) in [4.78, 5) is 13.2. The highest BCUT2D eigenvalue weighted by Gasteiger charge is 2.45. The van der Waals surface area contributed by atoms with E-state index in [2.05, 4.69) is 11.9 Å². The van der Waals surface area contributed by atoms with Gasteiger partial charge in [0.25, 0.3) is 0 Å². The van der Waals surface area contributed by atoms with Crippen LogP contribution in [0.1, 0.15) is 12.8 Å². The van der Waals surface area contributed by atoms with E-state index in [1.54, 1.807) is 11.0 Å². The number of hydrogen-bond acceptors (Lipinski definition) is 3. The molecule has 4 nitrogen and oxygen atoms in total. The fraction of sp³-hybridized carbons (Fsp3) is 0.700. The highest BCUT2D eigenvalue weighted by atomic mass is 16.6. The van der Waals surface area contributed by atoms with Gasteiger partial charge in [-0.3, -0.25) is 0 Å². The van der Waals surface area contributed by atoms with Gasteiger partial charge in [-0.2, -0.15) is 0 Å². The maximum absolute atomic E-state index is 11.5. The van der Waals surface area contributed by atoms with Gasteiger partial charge >= 0.3 is 6.09 Å². The third-order valence-corrected chi connectivity index (χ3v) is 2.91. The maximum atomic E-state index is 11.5. The summed E-state index contributed by atoms with van der Waals surface area (Å²) < 4.78 is 5.45. The zero-order valence-corrected chi connectivity index (χ0v) is 8.29. The van der Waals surface area contributed by atoms with E-state index in [1.807, 2.05) is 0 Å². The summed E-state index contributed by atoms with van der Waals surface area (Å²) in [6.07, 6.45) is 3.40. The van der Waals surface area contributed by atoms with Crippen LogP contribution in [0.2, 0.25) is 0 Å². The van der Waals surface area contributed by atoms with Crippen molar-refractivity contribution < 1.29 is 9.53 Å². The first-order valence-electron chi connectivity index (χ1n) is 5.05. The van der Waals surface area contributed by atoms with Crippen molar-refractivity contribution in [2.75, 3.05) is 26.2 Å². The Morgan fingerprint density at radius 3 is 2.93 bits per heavy atom. The monoisotopic (exact) mass is 196 g/mol. The van der Waals surface area contributed by atoms with Gasteiger partial charge in [0.15, 0.2) is 0 Å². The molecule has 0 aromatic rings. The molecule has 1 N–H and O–H groups in total. The molecule has 0 unspecified atom stereocenters. The summed E-state index contributed by atoms with van der Waals surface area (Å²) in [7, 11) is 0. The Hall–Kier alpha value is -1.03. The van der Waals surface area contributed by atoms with Gasteiger partial charge in [0, 0.05) is 19.4 Å². The molecule has 0 aliphatic carbocycles. The Labute approximate surface area is 83.9 Å². The fourth-order valence-electron chi connectivity index (χ4n) is 2.13. The summed E-state index contributed by atoms with van der Waals surface area (Å²) in [6.45, 7) is 6.82. The number of hydrogen-bond donors (Lipinski definition) is 1. The average Bonchev–Trinajstić information content (AvgIpc) is 2.45. The number of piperidine rings is 1. The number of nitrogens with zero attached hydrogens (tertiary/aromatic N) is 1. The summed E-state index contributed by atoms with van der Waals surface area (Å²) in [5.74, 6) is 0. The Kier molecular flexibility index (Phi) is 2.46. The smallest absolute Gasteiger partial charge is 0.410 e. The van der Waals surface area contributed by atoms with Gasteiger partial charge in [-0.25, -0.2) is 4.79 Å². The van der Waals surface area contributed by atoms with Crippen LogP contribution in [0.15, 0.2) is 12.7 Å². The average molecular weight is 196 g/mol. The van der Waals surface area contributed by atoms with E-state index in [-0.39, 0.29) is 11.7 Å². The molecule has 2 aliphatic heterocycles. The second kappa shape index (κ2) is 3.61. The predicted molar refractivity (Wildman–Crippen MR) is 53.1 cm³/mol. The molecule has 0 atom stereocenters. The van der Waals surface area contributed by atoms with Crippen molar-refractivity contribution in [1.29, 1.82) is 0 Å². The molecule has 4 heteroatoms. The van der Waals surface area contributed by atoms with Crippen molar-refractivity contribution in [3.63, 3.8) is 0 Å². The standard InChI is InChI=1S/C10H16N2O2/c1-2-7-12-8-10(14-9(12)13)3-5-11-6-4-10/h2,11H,1,3-8H2. The molecule has 0 bridgehead atoms. The zero-order chi connectivity index (χ0) is 10.0. The fourth-order valence-corrected chi connectivity index (χ4v) is 2.13. The largest absolute Gasteiger partial charge is 0.441 e. The summed E-state index contributed by atoms with van der Waals surface area (Å²) in [5, 5.41) is 3.27. The third kappa shape index (κ3) is 1.62. The first kappa shape index (κ1) is 9.52. The molecule has 0 aromatic heterocycles. The molecule has 2 saturated heterocycles. The van der Waals surface area contributed by atoms with Crippen LogP contribution in [-0.4, -0.2) is 42.8 Å². The molecule has 2 aliphatic rings. The number of nitrogens with one attached hydrogen (secondary N) is 1. The minimum absolute atomic E-state index is 0.188. The minimum atomic E-state index is -0.217. The van der Waals surface area contributed by atoms with Crippen LogP contribution in [0.4, 0.5) is 4.79 Å².